The molecule has 0 saturated heterocycles. The molecule has 0 spiro atoms. The van der Waals surface area contributed by atoms with E-state index in [0.717, 1.165) is 11.4 Å². The molecule has 4 nitrogen and oxygen atoms in total. The summed E-state index contributed by atoms with van der Waals surface area (Å²) in [6, 6.07) is 9.95. The molecule has 0 aliphatic heterocycles. The Morgan fingerprint density at radius 1 is 1.29 bits per heavy atom. The molecule has 0 unspecified atom stereocenters. The van der Waals surface area contributed by atoms with Crippen LogP contribution in [0.1, 0.15) is 17.4 Å². The molecule has 0 bridgehead atoms. The van der Waals surface area contributed by atoms with E-state index in [4.69, 9.17) is 5.73 Å². The standard InChI is InChI=1S/C10H12N4/c11-9(6-10-12-7-13-14-10)8-4-2-1-3-5-8/h1-5,7,9H,6,11H2,(H,12,13,14)/t9-/m0/s1. The third-order valence-electron chi connectivity index (χ3n) is 2.11. The molecule has 0 radical (unpaired) electrons. The van der Waals surface area contributed by atoms with Gasteiger partial charge in [0, 0.05) is 12.5 Å². The topological polar surface area (TPSA) is 67.6 Å². The van der Waals surface area contributed by atoms with Crippen LogP contribution in [0.25, 0.3) is 0 Å². The van der Waals surface area contributed by atoms with Crippen molar-refractivity contribution in [3.05, 3.63) is 48.0 Å². The molecule has 4 heteroatoms. The predicted molar refractivity (Wildman–Crippen MR) is 53.5 cm³/mol. The van der Waals surface area contributed by atoms with Crippen LogP contribution < -0.4 is 5.73 Å². The second kappa shape index (κ2) is 4.02. The van der Waals surface area contributed by atoms with Crippen molar-refractivity contribution < 1.29 is 0 Å². The molecule has 72 valence electrons. The molecular weight excluding hydrogens is 176 g/mol. The van der Waals surface area contributed by atoms with Crippen molar-refractivity contribution in [1.29, 1.82) is 0 Å². The lowest BCUT2D eigenvalue weighted by molar-refractivity contribution is 0.690. The summed E-state index contributed by atoms with van der Waals surface area (Å²) < 4.78 is 0. The zero-order chi connectivity index (χ0) is 9.80. The highest BCUT2D eigenvalue weighted by Crippen LogP contribution is 2.12. The maximum Gasteiger partial charge on any atom is 0.137 e. The molecule has 1 atom stereocenters. The summed E-state index contributed by atoms with van der Waals surface area (Å²) >= 11 is 0. The summed E-state index contributed by atoms with van der Waals surface area (Å²) in [5, 5.41) is 6.57. The van der Waals surface area contributed by atoms with Gasteiger partial charge in [-0.2, -0.15) is 5.10 Å². The summed E-state index contributed by atoms with van der Waals surface area (Å²) in [7, 11) is 0. The van der Waals surface area contributed by atoms with Gasteiger partial charge in [0.25, 0.3) is 0 Å². The molecular formula is C10H12N4. The van der Waals surface area contributed by atoms with Crippen LogP contribution in [0.2, 0.25) is 0 Å². The predicted octanol–water partition coefficient (Wildman–Crippen LogP) is 1.05. The Morgan fingerprint density at radius 2 is 2.07 bits per heavy atom. The molecule has 0 amide bonds. The van der Waals surface area contributed by atoms with Crippen molar-refractivity contribution in [2.24, 2.45) is 5.73 Å². The number of H-pyrrole nitrogens is 1. The highest BCUT2D eigenvalue weighted by molar-refractivity contribution is 5.19. The molecule has 3 N–H and O–H groups in total. The van der Waals surface area contributed by atoms with Crippen LogP contribution in [0.5, 0.6) is 0 Å². The van der Waals surface area contributed by atoms with E-state index in [1.807, 2.05) is 30.3 Å². The maximum absolute atomic E-state index is 6.00. The van der Waals surface area contributed by atoms with Gasteiger partial charge in [-0.25, -0.2) is 4.98 Å². The Balaban J connectivity index is 2.07. The number of aromatic nitrogens is 3. The Bertz CT molecular complexity index is 368. The fourth-order valence-corrected chi connectivity index (χ4v) is 1.36. The van der Waals surface area contributed by atoms with E-state index in [1.54, 1.807) is 0 Å². The number of nitrogens with zero attached hydrogens (tertiary/aromatic N) is 2. The average Bonchev–Trinajstić information content (AvgIpc) is 2.72. The molecule has 2 rings (SSSR count). The average molecular weight is 188 g/mol. The second-order valence-corrected chi connectivity index (χ2v) is 3.15. The minimum Gasteiger partial charge on any atom is -0.324 e. The number of benzene rings is 1. The Labute approximate surface area is 82.2 Å². The van der Waals surface area contributed by atoms with Gasteiger partial charge in [-0.3, -0.25) is 5.10 Å². The van der Waals surface area contributed by atoms with Crippen molar-refractivity contribution in [3.63, 3.8) is 0 Å². The molecule has 0 saturated carbocycles. The first-order valence-electron chi connectivity index (χ1n) is 4.51. The first-order valence-corrected chi connectivity index (χ1v) is 4.51. The third kappa shape index (κ3) is 1.97. The van der Waals surface area contributed by atoms with Crippen molar-refractivity contribution in [3.8, 4) is 0 Å². The molecule has 0 aliphatic carbocycles. The molecule has 0 fully saturated rings. The molecule has 0 aliphatic rings. The lowest BCUT2D eigenvalue weighted by Crippen LogP contribution is -2.13. The van der Waals surface area contributed by atoms with Gasteiger partial charge in [0.05, 0.1) is 0 Å². The number of nitrogens with one attached hydrogen (secondary N) is 1. The van der Waals surface area contributed by atoms with E-state index in [1.165, 1.54) is 6.33 Å². The monoisotopic (exact) mass is 188 g/mol. The minimum absolute atomic E-state index is 0.0239. The SMILES string of the molecule is N[C@@H](Cc1ncn[nH]1)c1ccccc1. The van der Waals surface area contributed by atoms with Crippen LogP contribution in [0, 0.1) is 0 Å². The normalized spacial score (nSPS) is 12.6. The Kier molecular flexibility index (Phi) is 2.55. The Morgan fingerprint density at radius 3 is 2.71 bits per heavy atom. The van der Waals surface area contributed by atoms with Gasteiger partial charge in [0.1, 0.15) is 12.2 Å². The fraction of sp³-hybridized carbons (Fsp3) is 0.200. The van der Waals surface area contributed by atoms with Crippen LogP contribution in [0.3, 0.4) is 0 Å². The van der Waals surface area contributed by atoms with Crippen LogP contribution in [0.15, 0.2) is 36.7 Å². The molecule has 1 aromatic heterocycles. The van der Waals surface area contributed by atoms with Crippen LogP contribution in [0.4, 0.5) is 0 Å². The number of nitrogens with two attached hydrogens (primary N) is 1. The lowest BCUT2D eigenvalue weighted by Gasteiger charge is -2.09. The van der Waals surface area contributed by atoms with Crippen LogP contribution in [-0.4, -0.2) is 15.2 Å². The van der Waals surface area contributed by atoms with Gasteiger partial charge in [-0.05, 0) is 5.56 Å². The van der Waals surface area contributed by atoms with Gasteiger partial charge in [-0.1, -0.05) is 30.3 Å². The summed E-state index contributed by atoms with van der Waals surface area (Å²) in [5.74, 6) is 0.821. The summed E-state index contributed by atoms with van der Waals surface area (Å²) in [6.07, 6.45) is 2.18. The third-order valence-corrected chi connectivity index (χ3v) is 2.11. The van der Waals surface area contributed by atoms with Gasteiger partial charge in [0.2, 0.25) is 0 Å². The van der Waals surface area contributed by atoms with Crippen molar-refractivity contribution in [1.82, 2.24) is 15.2 Å². The smallest absolute Gasteiger partial charge is 0.137 e. The fourth-order valence-electron chi connectivity index (χ4n) is 1.36. The van der Waals surface area contributed by atoms with Gasteiger partial charge in [0.15, 0.2) is 0 Å². The van der Waals surface area contributed by atoms with Crippen molar-refractivity contribution in [2.45, 2.75) is 12.5 Å². The van der Waals surface area contributed by atoms with Crippen LogP contribution in [-0.2, 0) is 6.42 Å². The van der Waals surface area contributed by atoms with E-state index in [2.05, 4.69) is 15.2 Å². The van der Waals surface area contributed by atoms with E-state index >= 15 is 0 Å². The number of hydrogen-bond acceptors (Lipinski definition) is 3. The first-order chi connectivity index (χ1) is 6.86. The van der Waals surface area contributed by atoms with Gasteiger partial charge >= 0.3 is 0 Å². The highest BCUT2D eigenvalue weighted by atomic mass is 15.2. The quantitative estimate of drug-likeness (QED) is 0.756. The zero-order valence-electron chi connectivity index (χ0n) is 7.72. The number of rotatable bonds is 3. The maximum atomic E-state index is 6.00. The largest absolute Gasteiger partial charge is 0.324 e. The highest BCUT2D eigenvalue weighted by Gasteiger charge is 2.07. The van der Waals surface area contributed by atoms with Crippen molar-refractivity contribution in [2.75, 3.05) is 0 Å². The number of hydrogen-bond donors (Lipinski definition) is 2. The number of aromatic amines is 1. The second-order valence-electron chi connectivity index (χ2n) is 3.15. The van der Waals surface area contributed by atoms with Crippen LogP contribution >= 0.6 is 0 Å². The van der Waals surface area contributed by atoms with E-state index in [9.17, 15) is 0 Å². The van der Waals surface area contributed by atoms with E-state index < -0.39 is 0 Å². The molecule has 1 heterocycles. The summed E-state index contributed by atoms with van der Waals surface area (Å²) in [6.45, 7) is 0. The Hall–Kier alpha value is -1.68. The lowest BCUT2D eigenvalue weighted by atomic mass is 10.0. The van der Waals surface area contributed by atoms with Crippen molar-refractivity contribution >= 4 is 0 Å². The van der Waals surface area contributed by atoms with E-state index in [0.29, 0.717) is 6.42 Å². The summed E-state index contributed by atoms with van der Waals surface area (Å²) in [4.78, 5) is 4.04. The molecule has 1 aromatic carbocycles. The van der Waals surface area contributed by atoms with Gasteiger partial charge in [-0.15, -0.1) is 0 Å². The first kappa shape index (κ1) is 8.90. The van der Waals surface area contributed by atoms with E-state index in [-0.39, 0.29) is 6.04 Å². The molecule has 2 aromatic rings. The molecule has 14 heavy (non-hydrogen) atoms. The van der Waals surface area contributed by atoms with Gasteiger partial charge < -0.3 is 5.73 Å². The minimum atomic E-state index is -0.0239. The summed E-state index contributed by atoms with van der Waals surface area (Å²) in [5.41, 5.74) is 7.11. The zero-order valence-corrected chi connectivity index (χ0v) is 7.72.